The molecule has 0 bridgehead atoms. The molecule has 7 rings (SSSR count). The summed E-state index contributed by atoms with van der Waals surface area (Å²) >= 11 is 6.67. The molecule has 198 valence electrons. The zero-order chi connectivity index (χ0) is 25.8. The number of carbonyl (C=O) groups is 1. The summed E-state index contributed by atoms with van der Waals surface area (Å²) in [6.45, 7) is 4.64. The fraction of sp³-hybridized carbons (Fsp3) is 0.483. The van der Waals surface area contributed by atoms with Gasteiger partial charge in [-0.3, -0.25) is 4.79 Å². The molecule has 0 radical (unpaired) electrons. The second kappa shape index (κ2) is 9.58. The average Bonchev–Trinajstić information content (AvgIpc) is 3.34. The van der Waals surface area contributed by atoms with E-state index >= 15 is 0 Å². The zero-order valence-electron chi connectivity index (χ0n) is 21.6. The summed E-state index contributed by atoms with van der Waals surface area (Å²) in [7, 11) is 2.15. The number of anilines is 2. The molecule has 2 unspecified atom stereocenters. The number of hydrogen-bond acceptors (Lipinski definition) is 8. The fourth-order valence-corrected chi connectivity index (χ4v) is 6.76. The van der Waals surface area contributed by atoms with Crippen molar-refractivity contribution in [3.05, 3.63) is 52.7 Å². The Morgan fingerprint density at radius 2 is 1.95 bits per heavy atom. The van der Waals surface area contributed by atoms with Gasteiger partial charge in [0.15, 0.2) is 0 Å². The summed E-state index contributed by atoms with van der Waals surface area (Å²) in [5, 5.41) is 2.96. The highest BCUT2D eigenvalue weighted by Gasteiger charge is 2.46. The molecule has 3 aromatic rings. The van der Waals surface area contributed by atoms with Crippen molar-refractivity contribution in [1.82, 2.24) is 14.9 Å². The van der Waals surface area contributed by atoms with Crippen molar-refractivity contribution in [2.75, 3.05) is 49.6 Å². The van der Waals surface area contributed by atoms with Crippen LogP contribution in [-0.2, 0) is 22.5 Å². The third-order valence-corrected chi connectivity index (χ3v) is 9.02. The molecule has 0 amide bonds. The Balaban J connectivity index is 1.22. The van der Waals surface area contributed by atoms with Gasteiger partial charge in [0.2, 0.25) is 0 Å². The van der Waals surface area contributed by atoms with Crippen LogP contribution in [-0.4, -0.2) is 72.8 Å². The van der Waals surface area contributed by atoms with Gasteiger partial charge in [-0.05, 0) is 56.8 Å². The monoisotopic (exact) mass is 533 g/mol. The molecule has 3 atom stereocenters. The second-order valence-electron chi connectivity index (χ2n) is 10.9. The first-order valence-electron chi connectivity index (χ1n) is 13.7. The minimum atomic E-state index is -0.0616. The van der Waals surface area contributed by atoms with Gasteiger partial charge in [-0.1, -0.05) is 35.9 Å². The summed E-state index contributed by atoms with van der Waals surface area (Å²) in [6.07, 6.45) is 3.90. The third-order valence-electron chi connectivity index (χ3n) is 8.70. The molecule has 5 heterocycles. The maximum absolute atomic E-state index is 11.8. The van der Waals surface area contributed by atoms with Crippen molar-refractivity contribution in [3.63, 3.8) is 0 Å². The van der Waals surface area contributed by atoms with E-state index in [0.29, 0.717) is 31.7 Å². The van der Waals surface area contributed by atoms with Crippen LogP contribution < -0.4 is 14.5 Å². The van der Waals surface area contributed by atoms with E-state index < -0.39 is 0 Å². The van der Waals surface area contributed by atoms with E-state index in [1.165, 1.54) is 12.0 Å². The van der Waals surface area contributed by atoms with Crippen LogP contribution in [0.4, 0.5) is 11.5 Å². The van der Waals surface area contributed by atoms with E-state index in [1.807, 2.05) is 12.1 Å². The van der Waals surface area contributed by atoms with Gasteiger partial charge in [0, 0.05) is 35.8 Å². The van der Waals surface area contributed by atoms with Crippen LogP contribution >= 0.6 is 11.6 Å². The van der Waals surface area contributed by atoms with E-state index in [2.05, 4.69) is 46.0 Å². The SMILES string of the molecule is CN1CCC[C@@H]1COc1nc2c(c(N3CCC4C(=O)OC4C3)n1)CCN(c1cccc3cccc(Cl)c13)C2. The van der Waals surface area contributed by atoms with Crippen molar-refractivity contribution >= 4 is 39.8 Å². The lowest BCUT2D eigenvalue weighted by Gasteiger charge is -2.44. The molecule has 3 fully saturated rings. The summed E-state index contributed by atoms with van der Waals surface area (Å²) < 4.78 is 11.7. The number of ether oxygens (including phenoxy) is 2. The molecule has 3 saturated heterocycles. The Kier molecular flexibility index (Phi) is 6.04. The van der Waals surface area contributed by atoms with E-state index in [9.17, 15) is 4.79 Å². The smallest absolute Gasteiger partial charge is 0.318 e. The van der Waals surface area contributed by atoms with E-state index in [-0.39, 0.29) is 18.0 Å². The molecule has 38 heavy (non-hydrogen) atoms. The number of likely N-dealkylation sites (tertiary alicyclic amines) is 1. The number of nitrogens with zero attached hydrogens (tertiary/aromatic N) is 5. The number of esters is 1. The van der Waals surface area contributed by atoms with Crippen LogP contribution in [0, 0.1) is 5.92 Å². The Bertz CT molecular complexity index is 1390. The summed E-state index contributed by atoms with van der Waals surface area (Å²) in [5.41, 5.74) is 3.28. The largest absolute Gasteiger partial charge is 0.462 e. The van der Waals surface area contributed by atoms with Crippen LogP contribution in [0.2, 0.25) is 5.02 Å². The molecule has 2 aromatic carbocycles. The molecule has 4 aliphatic heterocycles. The number of hydrogen-bond donors (Lipinski definition) is 0. The minimum absolute atomic E-state index is 0.0316. The Morgan fingerprint density at radius 3 is 2.74 bits per heavy atom. The quantitative estimate of drug-likeness (QED) is 0.455. The normalized spacial score (nSPS) is 25.1. The van der Waals surface area contributed by atoms with Gasteiger partial charge in [0.1, 0.15) is 18.5 Å². The summed E-state index contributed by atoms with van der Waals surface area (Å²) in [4.78, 5) is 28.7. The van der Waals surface area contributed by atoms with Gasteiger partial charge in [0.05, 0.1) is 29.7 Å². The first kappa shape index (κ1) is 24.0. The first-order valence-corrected chi connectivity index (χ1v) is 14.0. The van der Waals surface area contributed by atoms with Crippen LogP contribution in [0.5, 0.6) is 6.01 Å². The van der Waals surface area contributed by atoms with Gasteiger partial charge in [-0.15, -0.1) is 0 Å². The summed E-state index contributed by atoms with van der Waals surface area (Å²) in [6, 6.07) is 13.2. The zero-order valence-corrected chi connectivity index (χ0v) is 22.4. The minimum Gasteiger partial charge on any atom is -0.462 e. The number of aromatic nitrogens is 2. The summed E-state index contributed by atoms with van der Waals surface area (Å²) in [5.74, 6) is 0.902. The molecule has 8 nitrogen and oxygen atoms in total. The predicted molar refractivity (Wildman–Crippen MR) is 147 cm³/mol. The van der Waals surface area contributed by atoms with Gasteiger partial charge in [-0.25, -0.2) is 0 Å². The number of benzene rings is 2. The average molecular weight is 534 g/mol. The number of halogens is 1. The lowest BCUT2D eigenvalue weighted by Crippen LogP contribution is -2.57. The first-order chi connectivity index (χ1) is 18.5. The number of piperidine rings is 1. The van der Waals surface area contributed by atoms with Crippen molar-refractivity contribution in [2.24, 2.45) is 5.92 Å². The highest BCUT2D eigenvalue weighted by molar-refractivity contribution is 6.36. The van der Waals surface area contributed by atoms with Crippen molar-refractivity contribution < 1.29 is 14.3 Å². The van der Waals surface area contributed by atoms with Crippen LogP contribution in [0.15, 0.2) is 36.4 Å². The van der Waals surface area contributed by atoms with Crippen molar-refractivity contribution in [1.29, 1.82) is 0 Å². The Labute approximate surface area is 227 Å². The lowest BCUT2D eigenvalue weighted by atomic mass is 9.89. The molecule has 0 aliphatic carbocycles. The topological polar surface area (TPSA) is 71.0 Å². The van der Waals surface area contributed by atoms with Gasteiger partial charge in [0.25, 0.3) is 0 Å². The van der Waals surface area contributed by atoms with E-state index in [0.717, 1.165) is 71.9 Å². The lowest BCUT2D eigenvalue weighted by molar-refractivity contribution is -0.185. The Morgan fingerprint density at radius 1 is 1.08 bits per heavy atom. The standard InChI is InChI=1S/C29H32ClN5O3/c1-33-12-4-7-19(33)17-37-29-31-23-15-34(24-9-3-6-18-5-2-8-22(30)26(18)24)13-10-20(23)27(32-29)35-14-11-21-25(16-35)38-28(21)36/h2-3,5-6,8-9,19,21,25H,4,7,10-17H2,1H3/t19-,21?,25?/m1/s1. The van der Waals surface area contributed by atoms with Crippen molar-refractivity contribution in [2.45, 2.75) is 44.4 Å². The maximum atomic E-state index is 11.8. The molecule has 0 N–H and O–H groups in total. The van der Waals surface area contributed by atoms with Crippen LogP contribution in [0.3, 0.4) is 0 Å². The van der Waals surface area contributed by atoms with E-state index in [4.69, 9.17) is 31.0 Å². The van der Waals surface area contributed by atoms with Crippen LogP contribution in [0.1, 0.15) is 30.5 Å². The predicted octanol–water partition coefficient (Wildman–Crippen LogP) is 4.07. The highest BCUT2D eigenvalue weighted by atomic mass is 35.5. The number of likely N-dealkylation sites (N-methyl/N-ethyl adjacent to an activating group) is 1. The van der Waals surface area contributed by atoms with Gasteiger partial charge >= 0.3 is 12.0 Å². The number of rotatable bonds is 5. The molecule has 0 saturated carbocycles. The Hall–Kier alpha value is -3.10. The fourth-order valence-electron chi connectivity index (χ4n) is 6.48. The number of fused-ring (bicyclic) bond motifs is 3. The van der Waals surface area contributed by atoms with Gasteiger partial charge in [-0.2, -0.15) is 9.97 Å². The molecule has 0 spiro atoms. The van der Waals surface area contributed by atoms with Crippen LogP contribution in [0.25, 0.3) is 10.8 Å². The molecule has 1 aromatic heterocycles. The molecular formula is C29H32ClN5O3. The maximum Gasteiger partial charge on any atom is 0.318 e. The molecule has 9 heteroatoms. The van der Waals surface area contributed by atoms with Crippen molar-refractivity contribution in [3.8, 4) is 6.01 Å². The highest BCUT2D eigenvalue weighted by Crippen LogP contribution is 2.39. The molecule has 4 aliphatic rings. The second-order valence-corrected chi connectivity index (χ2v) is 11.4. The third kappa shape index (κ3) is 4.14. The van der Waals surface area contributed by atoms with E-state index in [1.54, 1.807) is 0 Å². The van der Waals surface area contributed by atoms with Gasteiger partial charge < -0.3 is 24.2 Å². The number of carbonyl (C=O) groups excluding carboxylic acids is 1. The molecular weight excluding hydrogens is 502 g/mol.